The average molecular weight is 448 g/mol. The molecule has 0 fully saturated rings. The van der Waals surface area contributed by atoms with Crippen molar-refractivity contribution >= 4 is 21.6 Å². The zero-order valence-corrected chi connectivity index (χ0v) is 19.6. The lowest BCUT2D eigenvalue weighted by Crippen LogP contribution is -2.32. The van der Waals surface area contributed by atoms with E-state index in [0.29, 0.717) is 37.3 Å². The van der Waals surface area contributed by atoms with Gasteiger partial charge in [0.2, 0.25) is 0 Å². The maximum absolute atomic E-state index is 13.1. The Balaban J connectivity index is 1.66. The van der Waals surface area contributed by atoms with E-state index in [-0.39, 0.29) is 5.56 Å². The molecular formula is C26H29N3O2S. The second-order valence-electron chi connectivity index (χ2n) is 8.38. The van der Waals surface area contributed by atoms with Crippen molar-refractivity contribution in [1.29, 1.82) is 0 Å². The van der Waals surface area contributed by atoms with Crippen LogP contribution in [0.4, 0.5) is 0 Å². The quantitative estimate of drug-likeness (QED) is 0.397. The van der Waals surface area contributed by atoms with Crippen LogP contribution >= 0.6 is 11.3 Å². The lowest BCUT2D eigenvalue weighted by molar-refractivity contribution is 0.1000. The van der Waals surface area contributed by atoms with Crippen molar-refractivity contribution in [2.24, 2.45) is 0 Å². The van der Waals surface area contributed by atoms with Gasteiger partial charge < -0.3 is 10.1 Å². The van der Waals surface area contributed by atoms with Crippen LogP contribution < -0.4 is 5.56 Å². The Hall–Kier alpha value is -2.80. The lowest BCUT2D eigenvalue weighted by Gasteiger charge is -2.24. The molecule has 0 bridgehead atoms. The number of nitrogens with one attached hydrogen (secondary N) is 1. The fourth-order valence-corrected chi connectivity index (χ4v) is 4.92. The largest absolute Gasteiger partial charge is 0.392 e. The lowest BCUT2D eigenvalue weighted by atomic mass is 9.99. The highest BCUT2D eigenvalue weighted by Gasteiger charge is 2.17. The monoisotopic (exact) mass is 447 g/mol. The number of aliphatic hydroxyl groups is 1. The molecule has 5 nitrogen and oxygen atoms in total. The third-order valence-corrected chi connectivity index (χ3v) is 6.61. The van der Waals surface area contributed by atoms with Crippen molar-refractivity contribution in [3.05, 3.63) is 86.8 Å². The number of rotatable bonds is 8. The normalized spacial score (nSPS) is 12.5. The van der Waals surface area contributed by atoms with Crippen LogP contribution in [0.1, 0.15) is 35.9 Å². The minimum atomic E-state index is -0.424. The Bertz CT molecular complexity index is 1260. The van der Waals surface area contributed by atoms with Gasteiger partial charge in [-0.15, -0.1) is 11.3 Å². The summed E-state index contributed by atoms with van der Waals surface area (Å²) >= 11 is 1.50. The first-order valence-electron chi connectivity index (χ1n) is 11.0. The highest BCUT2D eigenvalue weighted by Crippen LogP contribution is 2.33. The number of thiophene rings is 1. The standard InChI is InChI=1S/C26H29N3O2S/c1-4-20(30)14-29(13-19-8-6-5-7-9-19)15-23-27-25(31)24-22(16-32-26(24)28-23)21-12-17(2)10-11-18(21)3/h5-12,16,20,30H,4,13-15H2,1-3H3,(H,27,28,31). The molecule has 2 heterocycles. The summed E-state index contributed by atoms with van der Waals surface area (Å²) < 4.78 is 0. The number of hydrogen-bond acceptors (Lipinski definition) is 5. The van der Waals surface area contributed by atoms with E-state index in [1.807, 2.05) is 30.5 Å². The molecule has 0 radical (unpaired) electrons. The molecule has 0 saturated heterocycles. The van der Waals surface area contributed by atoms with Gasteiger partial charge in [-0.25, -0.2) is 4.98 Å². The summed E-state index contributed by atoms with van der Waals surface area (Å²) in [5, 5.41) is 12.9. The number of aromatic nitrogens is 2. The topological polar surface area (TPSA) is 69.2 Å². The summed E-state index contributed by atoms with van der Waals surface area (Å²) in [7, 11) is 0. The van der Waals surface area contributed by atoms with E-state index in [0.717, 1.165) is 32.6 Å². The van der Waals surface area contributed by atoms with E-state index < -0.39 is 6.10 Å². The summed E-state index contributed by atoms with van der Waals surface area (Å²) in [6, 6.07) is 16.4. The molecule has 0 aliphatic carbocycles. The van der Waals surface area contributed by atoms with Gasteiger partial charge in [0.25, 0.3) is 5.56 Å². The number of nitrogens with zero attached hydrogens (tertiary/aromatic N) is 2. The molecule has 0 saturated carbocycles. The van der Waals surface area contributed by atoms with Crippen molar-refractivity contribution in [3.8, 4) is 11.1 Å². The van der Waals surface area contributed by atoms with Gasteiger partial charge >= 0.3 is 0 Å². The zero-order valence-electron chi connectivity index (χ0n) is 18.8. The molecule has 0 amide bonds. The van der Waals surface area contributed by atoms with Gasteiger partial charge in [0, 0.05) is 24.0 Å². The third kappa shape index (κ3) is 4.99. The fraction of sp³-hybridized carbons (Fsp3) is 0.308. The molecule has 32 heavy (non-hydrogen) atoms. The summed E-state index contributed by atoms with van der Waals surface area (Å²) in [6.07, 6.45) is 0.255. The van der Waals surface area contributed by atoms with Crippen molar-refractivity contribution in [3.63, 3.8) is 0 Å². The molecule has 2 aromatic heterocycles. The minimum absolute atomic E-state index is 0.113. The fourth-order valence-electron chi connectivity index (χ4n) is 3.96. The first-order chi connectivity index (χ1) is 15.4. The molecule has 1 unspecified atom stereocenters. The Morgan fingerprint density at radius 3 is 2.62 bits per heavy atom. The van der Waals surface area contributed by atoms with E-state index >= 15 is 0 Å². The van der Waals surface area contributed by atoms with Gasteiger partial charge in [0.1, 0.15) is 10.7 Å². The van der Waals surface area contributed by atoms with Crippen molar-refractivity contribution < 1.29 is 5.11 Å². The average Bonchev–Trinajstić information content (AvgIpc) is 3.20. The number of fused-ring (bicyclic) bond motifs is 1. The van der Waals surface area contributed by atoms with Gasteiger partial charge in [0.05, 0.1) is 18.0 Å². The summed E-state index contributed by atoms with van der Waals surface area (Å²) in [6.45, 7) is 7.76. The predicted octanol–water partition coefficient (Wildman–Crippen LogP) is 5.04. The van der Waals surface area contributed by atoms with E-state index in [2.05, 4.69) is 54.1 Å². The number of hydrogen-bond donors (Lipinski definition) is 2. The van der Waals surface area contributed by atoms with Crippen LogP contribution in [-0.2, 0) is 13.1 Å². The van der Waals surface area contributed by atoms with Crippen LogP contribution in [0.25, 0.3) is 21.3 Å². The molecule has 1 atom stereocenters. The molecule has 166 valence electrons. The smallest absolute Gasteiger partial charge is 0.260 e. The molecule has 0 aliphatic rings. The number of H-pyrrole nitrogens is 1. The van der Waals surface area contributed by atoms with Crippen LogP contribution in [0.15, 0.2) is 58.7 Å². The van der Waals surface area contributed by atoms with Crippen molar-refractivity contribution in [1.82, 2.24) is 14.9 Å². The first kappa shape index (κ1) is 22.4. The SMILES string of the molecule is CCC(O)CN(Cc1ccccc1)Cc1nc2scc(-c3cc(C)ccc3C)c2c(=O)[nH]1. The highest BCUT2D eigenvalue weighted by atomic mass is 32.1. The van der Waals surface area contributed by atoms with E-state index in [1.54, 1.807) is 0 Å². The van der Waals surface area contributed by atoms with Crippen molar-refractivity contribution in [2.75, 3.05) is 6.54 Å². The molecule has 0 spiro atoms. The maximum atomic E-state index is 13.1. The predicted molar refractivity (Wildman–Crippen MR) is 132 cm³/mol. The van der Waals surface area contributed by atoms with Crippen LogP contribution in [0.3, 0.4) is 0 Å². The van der Waals surface area contributed by atoms with E-state index in [4.69, 9.17) is 4.98 Å². The van der Waals surface area contributed by atoms with Crippen LogP contribution in [0.5, 0.6) is 0 Å². The molecule has 4 rings (SSSR count). The van der Waals surface area contributed by atoms with Gasteiger partial charge in [0.15, 0.2) is 0 Å². The van der Waals surface area contributed by atoms with Crippen LogP contribution in [0.2, 0.25) is 0 Å². The number of aryl methyl sites for hydroxylation is 2. The summed E-state index contributed by atoms with van der Waals surface area (Å²) in [4.78, 5) is 23.8. The molecule has 6 heteroatoms. The zero-order chi connectivity index (χ0) is 22.7. The summed E-state index contributed by atoms with van der Waals surface area (Å²) in [5.74, 6) is 0.621. The molecule has 2 aromatic carbocycles. The number of aliphatic hydroxyl groups excluding tert-OH is 1. The maximum Gasteiger partial charge on any atom is 0.260 e. The van der Waals surface area contributed by atoms with Crippen molar-refractivity contribution in [2.45, 2.75) is 46.4 Å². The molecule has 4 aromatic rings. The first-order valence-corrected chi connectivity index (χ1v) is 11.8. The highest BCUT2D eigenvalue weighted by molar-refractivity contribution is 7.17. The van der Waals surface area contributed by atoms with Gasteiger partial charge in [-0.3, -0.25) is 9.69 Å². The van der Waals surface area contributed by atoms with Crippen LogP contribution in [-0.4, -0.2) is 32.6 Å². The number of benzene rings is 2. The Morgan fingerprint density at radius 1 is 1.09 bits per heavy atom. The second-order valence-corrected chi connectivity index (χ2v) is 9.24. The van der Waals surface area contributed by atoms with Gasteiger partial charge in [-0.05, 0) is 37.0 Å². The minimum Gasteiger partial charge on any atom is -0.392 e. The van der Waals surface area contributed by atoms with E-state index in [9.17, 15) is 9.90 Å². The molecule has 0 aliphatic heterocycles. The third-order valence-electron chi connectivity index (χ3n) is 5.74. The molecule has 2 N–H and O–H groups in total. The van der Waals surface area contributed by atoms with E-state index in [1.165, 1.54) is 11.3 Å². The molecular weight excluding hydrogens is 418 g/mol. The summed E-state index contributed by atoms with van der Waals surface area (Å²) in [5.41, 5.74) is 5.37. The van der Waals surface area contributed by atoms with Gasteiger partial charge in [-0.2, -0.15) is 0 Å². The number of aromatic amines is 1. The van der Waals surface area contributed by atoms with Crippen LogP contribution in [0, 0.1) is 13.8 Å². The Labute approximate surface area is 192 Å². The Kier molecular flexibility index (Phi) is 6.84. The Morgan fingerprint density at radius 2 is 1.88 bits per heavy atom. The van der Waals surface area contributed by atoms with Gasteiger partial charge in [-0.1, -0.05) is 61.0 Å². The second kappa shape index (κ2) is 9.77.